The summed E-state index contributed by atoms with van der Waals surface area (Å²) in [4.78, 5) is 8.22. The first-order valence-electron chi connectivity index (χ1n) is 5.23. The molecular formula is C10H15N3OS2. The highest BCUT2D eigenvalue weighted by Gasteiger charge is 2.15. The number of aryl methyl sites for hydroxylation is 1. The van der Waals surface area contributed by atoms with Gasteiger partial charge >= 0.3 is 0 Å². The van der Waals surface area contributed by atoms with Gasteiger partial charge in [0, 0.05) is 13.1 Å². The fourth-order valence-corrected chi connectivity index (χ4v) is 2.93. The van der Waals surface area contributed by atoms with Gasteiger partial charge in [0.1, 0.15) is 10.00 Å². The number of nitrogens with two attached hydrogens (primary N) is 1. The lowest BCUT2D eigenvalue weighted by atomic mass is 10.4. The number of hydrogen-bond donors (Lipinski definition) is 1. The summed E-state index contributed by atoms with van der Waals surface area (Å²) in [6.07, 6.45) is 0. The van der Waals surface area contributed by atoms with Gasteiger partial charge in [0.25, 0.3) is 0 Å². The molecule has 1 aliphatic heterocycles. The summed E-state index contributed by atoms with van der Waals surface area (Å²) in [6, 6.07) is 0. The first kappa shape index (κ1) is 11.9. The highest BCUT2D eigenvalue weighted by Crippen LogP contribution is 2.19. The molecule has 0 spiro atoms. The highest BCUT2D eigenvalue weighted by atomic mass is 32.1. The van der Waals surface area contributed by atoms with Gasteiger partial charge in [-0.2, -0.15) is 0 Å². The van der Waals surface area contributed by atoms with E-state index in [0.29, 0.717) is 4.99 Å². The Morgan fingerprint density at radius 3 is 2.81 bits per heavy atom. The van der Waals surface area contributed by atoms with Crippen LogP contribution < -0.4 is 5.73 Å². The summed E-state index contributed by atoms with van der Waals surface area (Å²) in [5.41, 5.74) is 6.57. The summed E-state index contributed by atoms with van der Waals surface area (Å²) in [7, 11) is 0. The first-order chi connectivity index (χ1) is 7.66. The average molecular weight is 257 g/mol. The monoisotopic (exact) mass is 257 g/mol. The number of hydrogen-bond acceptors (Lipinski definition) is 5. The van der Waals surface area contributed by atoms with E-state index in [1.165, 1.54) is 0 Å². The van der Waals surface area contributed by atoms with Crippen molar-refractivity contribution in [1.82, 2.24) is 9.88 Å². The zero-order chi connectivity index (χ0) is 11.5. The van der Waals surface area contributed by atoms with E-state index >= 15 is 0 Å². The molecule has 0 atom stereocenters. The second-order valence-electron chi connectivity index (χ2n) is 3.77. The van der Waals surface area contributed by atoms with Crippen LogP contribution in [-0.4, -0.2) is 41.2 Å². The predicted octanol–water partition coefficient (Wildman–Crippen LogP) is 0.918. The molecule has 6 heteroatoms. The van der Waals surface area contributed by atoms with Crippen LogP contribution in [-0.2, 0) is 11.3 Å². The van der Waals surface area contributed by atoms with Crippen LogP contribution in [0.4, 0.5) is 0 Å². The summed E-state index contributed by atoms with van der Waals surface area (Å²) >= 11 is 6.58. The summed E-state index contributed by atoms with van der Waals surface area (Å²) in [5, 5.41) is 1.09. The Hall–Kier alpha value is -0.560. The third-order valence-electron chi connectivity index (χ3n) is 2.53. The molecule has 88 valence electrons. The lowest BCUT2D eigenvalue weighted by Crippen LogP contribution is -2.35. The molecule has 0 amide bonds. The molecule has 0 aliphatic carbocycles. The maximum Gasteiger partial charge on any atom is 0.116 e. The van der Waals surface area contributed by atoms with Gasteiger partial charge in [0.2, 0.25) is 0 Å². The first-order valence-corrected chi connectivity index (χ1v) is 6.45. The molecule has 1 saturated heterocycles. The maximum atomic E-state index is 5.63. The van der Waals surface area contributed by atoms with Crippen LogP contribution in [0.2, 0.25) is 0 Å². The molecule has 1 aliphatic rings. The van der Waals surface area contributed by atoms with E-state index in [1.54, 1.807) is 11.3 Å². The van der Waals surface area contributed by atoms with Gasteiger partial charge in [-0.15, -0.1) is 11.3 Å². The largest absolute Gasteiger partial charge is 0.389 e. The molecule has 0 saturated carbocycles. The number of nitrogens with zero attached hydrogens (tertiary/aromatic N) is 2. The fraction of sp³-hybridized carbons (Fsp3) is 0.600. The average Bonchev–Trinajstić information content (AvgIpc) is 2.61. The number of morpholine rings is 1. The Kier molecular flexibility index (Phi) is 3.86. The van der Waals surface area contributed by atoms with Crippen molar-refractivity contribution in [3.8, 4) is 0 Å². The van der Waals surface area contributed by atoms with Crippen molar-refractivity contribution in [3.05, 3.63) is 15.6 Å². The minimum absolute atomic E-state index is 0.447. The van der Waals surface area contributed by atoms with Crippen LogP contribution in [0.5, 0.6) is 0 Å². The van der Waals surface area contributed by atoms with Gasteiger partial charge in [-0.25, -0.2) is 4.98 Å². The van der Waals surface area contributed by atoms with Crippen molar-refractivity contribution in [2.24, 2.45) is 5.73 Å². The number of ether oxygens (including phenoxy) is 1. The van der Waals surface area contributed by atoms with Crippen LogP contribution in [0.15, 0.2) is 0 Å². The van der Waals surface area contributed by atoms with Crippen molar-refractivity contribution in [3.63, 3.8) is 0 Å². The third kappa shape index (κ3) is 2.76. The van der Waals surface area contributed by atoms with Crippen molar-refractivity contribution >= 4 is 28.5 Å². The molecule has 4 nitrogen and oxygen atoms in total. The van der Waals surface area contributed by atoms with Crippen LogP contribution in [0.1, 0.15) is 15.6 Å². The lowest BCUT2D eigenvalue weighted by Gasteiger charge is -2.25. The molecule has 0 aromatic carbocycles. The Bertz CT molecular complexity index is 385. The highest BCUT2D eigenvalue weighted by molar-refractivity contribution is 7.81. The van der Waals surface area contributed by atoms with E-state index in [1.807, 2.05) is 6.92 Å². The predicted molar refractivity (Wildman–Crippen MR) is 68.8 cm³/mol. The molecular weight excluding hydrogens is 242 g/mol. The van der Waals surface area contributed by atoms with E-state index in [-0.39, 0.29) is 0 Å². The Morgan fingerprint density at radius 1 is 1.56 bits per heavy atom. The molecule has 2 rings (SSSR count). The molecule has 0 unspecified atom stereocenters. The second kappa shape index (κ2) is 5.18. The molecule has 2 N–H and O–H groups in total. The van der Waals surface area contributed by atoms with E-state index in [2.05, 4.69) is 9.88 Å². The Labute approximate surface area is 104 Å². The maximum absolute atomic E-state index is 5.63. The standard InChI is InChI=1S/C10H15N3OS2/c1-7-9(10(11)15)16-8(12-7)6-13-2-4-14-5-3-13/h2-6H2,1H3,(H2,11,15). The zero-order valence-electron chi connectivity index (χ0n) is 9.23. The van der Waals surface area contributed by atoms with Gasteiger partial charge in [0.15, 0.2) is 0 Å². The van der Waals surface area contributed by atoms with E-state index in [9.17, 15) is 0 Å². The van der Waals surface area contributed by atoms with Gasteiger partial charge in [-0.1, -0.05) is 12.2 Å². The van der Waals surface area contributed by atoms with Crippen LogP contribution in [0.25, 0.3) is 0 Å². The minimum atomic E-state index is 0.447. The number of aromatic nitrogens is 1. The molecule has 2 heterocycles. The van der Waals surface area contributed by atoms with E-state index in [4.69, 9.17) is 22.7 Å². The smallest absolute Gasteiger partial charge is 0.116 e. The summed E-state index contributed by atoms with van der Waals surface area (Å²) in [6.45, 7) is 6.40. The van der Waals surface area contributed by atoms with Crippen molar-refractivity contribution in [2.75, 3.05) is 26.3 Å². The van der Waals surface area contributed by atoms with Gasteiger partial charge in [0.05, 0.1) is 30.3 Å². The fourth-order valence-electron chi connectivity index (χ4n) is 1.70. The van der Waals surface area contributed by atoms with Crippen molar-refractivity contribution in [2.45, 2.75) is 13.5 Å². The third-order valence-corrected chi connectivity index (χ3v) is 4.04. The summed E-state index contributed by atoms with van der Waals surface area (Å²) < 4.78 is 5.31. The van der Waals surface area contributed by atoms with E-state index in [0.717, 1.165) is 48.4 Å². The zero-order valence-corrected chi connectivity index (χ0v) is 10.9. The van der Waals surface area contributed by atoms with Gasteiger partial charge < -0.3 is 10.5 Å². The molecule has 1 aromatic heterocycles. The summed E-state index contributed by atoms with van der Waals surface area (Å²) in [5.74, 6) is 0. The number of thiocarbonyl (C=S) groups is 1. The molecule has 16 heavy (non-hydrogen) atoms. The molecule has 0 bridgehead atoms. The van der Waals surface area contributed by atoms with Crippen molar-refractivity contribution in [1.29, 1.82) is 0 Å². The second-order valence-corrected chi connectivity index (χ2v) is 5.30. The molecule has 1 aromatic rings. The van der Waals surface area contributed by atoms with Crippen molar-refractivity contribution < 1.29 is 4.74 Å². The Balaban J connectivity index is 2.03. The van der Waals surface area contributed by atoms with Crippen LogP contribution in [0, 0.1) is 6.92 Å². The number of rotatable bonds is 3. The normalized spacial score (nSPS) is 17.6. The quantitative estimate of drug-likeness (QED) is 0.816. The lowest BCUT2D eigenvalue weighted by molar-refractivity contribution is 0.0341. The minimum Gasteiger partial charge on any atom is -0.389 e. The van der Waals surface area contributed by atoms with Gasteiger partial charge in [-0.05, 0) is 6.92 Å². The van der Waals surface area contributed by atoms with Gasteiger partial charge in [-0.3, -0.25) is 4.90 Å². The Morgan fingerprint density at radius 2 is 2.25 bits per heavy atom. The van der Waals surface area contributed by atoms with Crippen LogP contribution >= 0.6 is 23.6 Å². The van der Waals surface area contributed by atoms with E-state index < -0.39 is 0 Å². The molecule has 1 fully saturated rings. The van der Waals surface area contributed by atoms with Crippen LogP contribution in [0.3, 0.4) is 0 Å². The topological polar surface area (TPSA) is 51.4 Å². The number of thiazole rings is 1. The molecule has 0 radical (unpaired) electrons. The SMILES string of the molecule is Cc1nc(CN2CCOCC2)sc1C(N)=S.